The van der Waals surface area contributed by atoms with Crippen molar-refractivity contribution in [1.82, 2.24) is 0 Å². The van der Waals surface area contributed by atoms with Gasteiger partial charge in [-0.15, -0.1) is 0 Å². The Morgan fingerprint density at radius 2 is 1.90 bits per heavy atom. The van der Waals surface area contributed by atoms with Gasteiger partial charge in [-0.1, -0.05) is 6.08 Å². The van der Waals surface area contributed by atoms with Gasteiger partial charge in [0.2, 0.25) is 5.75 Å². The largest absolute Gasteiger partial charge is 0.495 e. The number of hydrogen-bond donors (Lipinski definition) is 1. The first-order valence-corrected chi connectivity index (χ1v) is 9.37. The molecule has 0 aliphatic heterocycles. The molecular formula is C22H24O8. The van der Waals surface area contributed by atoms with Gasteiger partial charge in [-0.3, -0.25) is 0 Å². The minimum absolute atomic E-state index is 0.132. The quantitative estimate of drug-likeness (QED) is 0.354. The van der Waals surface area contributed by atoms with Crippen LogP contribution in [0.4, 0.5) is 0 Å². The van der Waals surface area contributed by atoms with Crippen LogP contribution in [0.2, 0.25) is 0 Å². The summed E-state index contributed by atoms with van der Waals surface area (Å²) in [5.41, 5.74) is -1.13. The van der Waals surface area contributed by atoms with Crippen molar-refractivity contribution in [3.63, 3.8) is 0 Å². The predicted octanol–water partition coefficient (Wildman–Crippen LogP) is 3.58. The maximum atomic E-state index is 12.2. The van der Waals surface area contributed by atoms with E-state index < -0.39 is 23.3 Å². The number of carbonyl (C=O) groups excluding carboxylic acids is 1. The number of aliphatic hydroxyl groups is 1. The van der Waals surface area contributed by atoms with Gasteiger partial charge in [-0.25, -0.2) is 9.59 Å². The number of furan rings is 1. The zero-order valence-corrected chi connectivity index (χ0v) is 17.5. The Hall–Kier alpha value is -3.26. The molecule has 3 rings (SSSR count). The van der Waals surface area contributed by atoms with E-state index in [1.165, 1.54) is 33.3 Å². The molecule has 2 heterocycles. The first-order valence-electron chi connectivity index (χ1n) is 9.37. The number of ether oxygens (including phenoxy) is 3. The lowest BCUT2D eigenvalue weighted by atomic mass is 10.0. The summed E-state index contributed by atoms with van der Waals surface area (Å²) >= 11 is 0. The van der Waals surface area contributed by atoms with Gasteiger partial charge in [-0.05, 0) is 39.8 Å². The Bertz CT molecular complexity index is 1160. The zero-order valence-electron chi connectivity index (χ0n) is 17.5. The molecule has 3 aromatic rings. The molecule has 30 heavy (non-hydrogen) atoms. The summed E-state index contributed by atoms with van der Waals surface area (Å²) < 4.78 is 27.7. The van der Waals surface area contributed by atoms with Crippen LogP contribution >= 0.6 is 0 Å². The van der Waals surface area contributed by atoms with Crippen LogP contribution in [-0.4, -0.2) is 36.5 Å². The number of allylic oxidation sites excluding steroid dienone is 1. The van der Waals surface area contributed by atoms with Gasteiger partial charge >= 0.3 is 11.6 Å². The summed E-state index contributed by atoms with van der Waals surface area (Å²) in [4.78, 5) is 24.1. The first-order chi connectivity index (χ1) is 14.2. The Morgan fingerprint density at radius 3 is 2.53 bits per heavy atom. The molecule has 2 aromatic heterocycles. The van der Waals surface area contributed by atoms with Crippen molar-refractivity contribution >= 4 is 27.9 Å². The second-order valence-corrected chi connectivity index (χ2v) is 7.35. The maximum Gasteiger partial charge on any atom is 0.336 e. The summed E-state index contributed by atoms with van der Waals surface area (Å²) in [5, 5.41) is 11.6. The van der Waals surface area contributed by atoms with Gasteiger partial charge < -0.3 is 28.2 Å². The number of carbonyl (C=O) groups is 1. The zero-order chi connectivity index (χ0) is 22.1. The van der Waals surface area contributed by atoms with Gasteiger partial charge in [0, 0.05) is 11.6 Å². The SMILES string of the molecule is C/C=C(\C)C(=O)O[C@@H](COc1c2occc2c(OC)c2ccc(=O)oc12)C(C)(C)O. The Kier molecular flexibility index (Phi) is 5.89. The third kappa shape index (κ3) is 4.04. The van der Waals surface area contributed by atoms with Crippen LogP contribution in [0.5, 0.6) is 11.5 Å². The minimum atomic E-state index is -1.39. The van der Waals surface area contributed by atoms with Crippen LogP contribution < -0.4 is 15.1 Å². The molecule has 0 radical (unpaired) electrons. The van der Waals surface area contributed by atoms with Crippen molar-refractivity contribution in [1.29, 1.82) is 0 Å². The number of fused-ring (bicyclic) bond motifs is 2. The monoisotopic (exact) mass is 416 g/mol. The standard InChI is InChI=1S/C22H24O8/c1-6-12(2)21(24)29-15(22(3,4)25)11-28-20-18-14(9-10-27-18)17(26-5)13-7-8-16(23)30-19(13)20/h6-10,15,25H,11H2,1-5H3/b12-6+/t15-/m0/s1. The average Bonchev–Trinajstić information content (AvgIpc) is 3.17. The lowest BCUT2D eigenvalue weighted by Crippen LogP contribution is -2.44. The topological polar surface area (TPSA) is 108 Å². The van der Waals surface area contributed by atoms with Crippen LogP contribution in [0.3, 0.4) is 0 Å². The first kappa shape index (κ1) is 21.4. The predicted molar refractivity (Wildman–Crippen MR) is 110 cm³/mol. The summed E-state index contributed by atoms with van der Waals surface area (Å²) in [5.74, 6) is 0.0538. The minimum Gasteiger partial charge on any atom is -0.495 e. The fourth-order valence-electron chi connectivity index (χ4n) is 2.91. The molecule has 0 saturated heterocycles. The van der Waals surface area contributed by atoms with E-state index in [0.717, 1.165) is 0 Å². The van der Waals surface area contributed by atoms with Crippen molar-refractivity contribution in [2.45, 2.75) is 39.4 Å². The van der Waals surface area contributed by atoms with E-state index in [-0.39, 0.29) is 17.9 Å². The molecule has 0 aliphatic rings. The van der Waals surface area contributed by atoms with E-state index in [4.69, 9.17) is 23.0 Å². The molecule has 1 aromatic carbocycles. The van der Waals surface area contributed by atoms with Crippen molar-refractivity contribution in [3.05, 3.63) is 46.5 Å². The molecule has 0 fully saturated rings. The highest BCUT2D eigenvalue weighted by Gasteiger charge is 2.33. The molecule has 1 N–H and O–H groups in total. The van der Waals surface area contributed by atoms with Crippen LogP contribution in [-0.2, 0) is 9.53 Å². The van der Waals surface area contributed by atoms with E-state index in [1.54, 1.807) is 32.1 Å². The highest BCUT2D eigenvalue weighted by Crippen LogP contribution is 2.42. The van der Waals surface area contributed by atoms with E-state index in [2.05, 4.69) is 0 Å². The summed E-state index contributed by atoms with van der Waals surface area (Å²) in [6, 6.07) is 4.55. The molecule has 1 atom stereocenters. The lowest BCUT2D eigenvalue weighted by Gasteiger charge is -2.29. The normalized spacial score (nSPS) is 13.5. The average molecular weight is 416 g/mol. The van der Waals surface area contributed by atoms with Crippen molar-refractivity contribution in [3.8, 4) is 11.5 Å². The molecule has 0 aliphatic carbocycles. The van der Waals surface area contributed by atoms with E-state index >= 15 is 0 Å². The molecule has 0 unspecified atom stereocenters. The number of rotatable bonds is 7. The molecule has 8 heteroatoms. The fraction of sp³-hybridized carbons (Fsp3) is 0.364. The molecular weight excluding hydrogens is 392 g/mol. The molecule has 0 spiro atoms. The van der Waals surface area contributed by atoms with E-state index in [1.807, 2.05) is 0 Å². The lowest BCUT2D eigenvalue weighted by molar-refractivity contribution is -0.160. The third-order valence-electron chi connectivity index (χ3n) is 4.78. The molecule has 0 amide bonds. The van der Waals surface area contributed by atoms with E-state index in [9.17, 15) is 14.7 Å². The molecule has 0 bridgehead atoms. The molecule has 0 saturated carbocycles. The summed E-state index contributed by atoms with van der Waals surface area (Å²) in [6.45, 7) is 6.14. The fourth-order valence-corrected chi connectivity index (χ4v) is 2.91. The Labute approximate surface area is 172 Å². The van der Waals surface area contributed by atoms with Crippen LogP contribution in [0.25, 0.3) is 21.9 Å². The maximum absolute atomic E-state index is 12.2. The highest BCUT2D eigenvalue weighted by atomic mass is 16.6. The summed E-state index contributed by atoms with van der Waals surface area (Å²) in [6.07, 6.45) is 2.07. The summed E-state index contributed by atoms with van der Waals surface area (Å²) in [7, 11) is 1.50. The van der Waals surface area contributed by atoms with E-state index in [0.29, 0.717) is 27.7 Å². The van der Waals surface area contributed by atoms with Crippen molar-refractivity contribution in [2.75, 3.05) is 13.7 Å². The number of hydrogen-bond acceptors (Lipinski definition) is 8. The van der Waals surface area contributed by atoms with Gasteiger partial charge in [-0.2, -0.15) is 0 Å². The third-order valence-corrected chi connectivity index (χ3v) is 4.78. The molecule has 8 nitrogen and oxygen atoms in total. The van der Waals surface area contributed by atoms with Gasteiger partial charge in [0.25, 0.3) is 0 Å². The van der Waals surface area contributed by atoms with Crippen molar-refractivity contribution in [2.24, 2.45) is 0 Å². The Balaban J connectivity index is 2.05. The van der Waals surface area contributed by atoms with Gasteiger partial charge in [0.05, 0.1) is 29.7 Å². The number of methoxy groups -OCH3 is 1. The van der Waals surface area contributed by atoms with Crippen LogP contribution in [0.15, 0.2) is 49.7 Å². The van der Waals surface area contributed by atoms with Gasteiger partial charge in [0.15, 0.2) is 17.3 Å². The Morgan fingerprint density at radius 1 is 1.20 bits per heavy atom. The van der Waals surface area contributed by atoms with Crippen molar-refractivity contribution < 1.29 is 32.9 Å². The number of benzene rings is 1. The van der Waals surface area contributed by atoms with Crippen LogP contribution in [0.1, 0.15) is 27.7 Å². The molecule has 160 valence electrons. The smallest absolute Gasteiger partial charge is 0.336 e. The highest BCUT2D eigenvalue weighted by molar-refractivity contribution is 6.06. The van der Waals surface area contributed by atoms with Crippen LogP contribution in [0, 0.1) is 0 Å². The number of esters is 1. The second kappa shape index (κ2) is 8.23. The van der Waals surface area contributed by atoms with Gasteiger partial charge in [0.1, 0.15) is 12.4 Å². The second-order valence-electron chi connectivity index (χ2n) is 7.35.